The number of carbonyl (C=O) groups is 1. The largest absolute Gasteiger partial charge is 0.273 e. The summed E-state index contributed by atoms with van der Waals surface area (Å²) in [5.41, 5.74) is 2.06. The van der Waals surface area contributed by atoms with Gasteiger partial charge in [0.1, 0.15) is 5.37 Å². The second-order valence-corrected chi connectivity index (χ2v) is 7.94. The van der Waals surface area contributed by atoms with Crippen LogP contribution in [-0.2, 0) is 4.79 Å². The molecule has 110 valence electrons. The van der Waals surface area contributed by atoms with Crippen LogP contribution in [0, 0.1) is 0 Å². The molecule has 1 atom stereocenters. The summed E-state index contributed by atoms with van der Waals surface area (Å²) in [5.74, 6) is 0.613. The topological polar surface area (TPSA) is 33.2 Å². The maximum atomic E-state index is 12.4. The van der Waals surface area contributed by atoms with Gasteiger partial charge in [0.2, 0.25) is 5.91 Å². The van der Waals surface area contributed by atoms with Crippen LogP contribution < -0.4 is 4.90 Å². The van der Waals surface area contributed by atoms with E-state index in [0.717, 1.165) is 25.4 Å². The maximum Gasteiger partial charge on any atom is 0.240 e. The van der Waals surface area contributed by atoms with Gasteiger partial charge in [-0.1, -0.05) is 51.5 Å². The van der Waals surface area contributed by atoms with Crippen LogP contribution >= 0.6 is 39.0 Å². The summed E-state index contributed by atoms with van der Waals surface area (Å²) in [6.45, 7) is 0. The van der Waals surface area contributed by atoms with E-state index in [1.165, 1.54) is 0 Å². The van der Waals surface area contributed by atoms with Crippen molar-refractivity contribution in [1.29, 1.82) is 0 Å². The van der Waals surface area contributed by atoms with E-state index in [1.807, 2.05) is 41.3 Å². The Morgan fingerprint density at radius 1 is 1.18 bits per heavy atom. The first-order valence-electron chi connectivity index (χ1n) is 6.77. The first-order valence-corrected chi connectivity index (χ1v) is 9.43. The Hall–Kier alpha value is -1.37. The lowest BCUT2D eigenvalue weighted by molar-refractivity contribution is -0.115. The zero-order valence-electron chi connectivity index (χ0n) is 11.4. The van der Waals surface area contributed by atoms with Crippen molar-refractivity contribution in [2.75, 3.05) is 10.7 Å². The van der Waals surface area contributed by atoms with Crippen LogP contribution in [-0.4, -0.2) is 16.6 Å². The molecule has 0 aliphatic carbocycles. The van der Waals surface area contributed by atoms with Crippen LogP contribution in [0.2, 0.25) is 0 Å². The van der Waals surface area contributed by atoms with Crippen molar-refractivity contribution in [3.8, 4) is 0 Å². The summed E-state index contributed by atoms with van der Waals surface area (Å²) in [5, 5.41) is 0.770. The highest BCUT2D eigenvalue weighted by atomic mass is 79.9. The van der Waals surface area contributed by atoms with Crippen molar-refractivity contribution < 1.29 is 4.79 Å². The molecule has 6 heteroatoms. The molecule has 1 fully saturated rings. The molecule has 1 aromatic heterocycles. The molecule has 0 unspecified atom stereocenters. The number of fused-ring (bicyclic) bond motifs is 1. The molecule has 1 saturated heterocycles. The number of anilines is 1. The van der Waals surface area contributed by atoms with Crippen molar-refractivity contribution in [2.45, 2.75) is 5.37 Å². The monoisotopic (exact) mass is 390 g/mol. The van der Waals surface area contributed by atoms with E-state index in [0.29, 0.717) is 5.75 Å². The number of hydrogen-bond acceptors (Lipinski definition) is 4. The number of thioether (sulfide) groups is 1. The molecule has 1 aliphatic rings. The van der Waals surface area contributed by atoms with Gasteiger partial charge in [-0.25, -0.2) is 4.98 Å². The molecular weight excluding hydrogens is 380 g/mol. The molecule has 0 bridgehead atoms. The van der Waals surface area contributed by atoms with E-state index in [4.69, 9.17) is 0 Å². The molecule has 1 aliphatic heterocycles. The second kappa shape index (κ2) is 5.68. The first kappa shape index (κ1) is 14.2. The van der Waals surface area contributed by atoms with E-state index < -0.39 is 0 Å². The van der Waals surface area contributed by atoms with Gasteiger partial charge in [-0.15, -0.1) is 11.8 Å². The zero-order valence-corrected chi connectivity index (χ0v) is 14.6. The van der Waals surface area contributed by atoms with E-state index in [-0.39, 0.29) is 11.3 Å². The van der Waals surface area contributed by atoms with Crippen LogP contribution in [0.25, 0.3) is 10.2 Å². The minimum Gasteiger partial charge on any atom is -0.273 e. The van der Waals surface area contributed by atoms with Gasteiger partial charge in [0.25, 0.3) is 0 Å². The maximum absolute atomic E-state index is 12.4. The number of benzene rings is 2. The molecule has 1 amide bonds. The van der Waals surface area contributed by atoms with Crippen LogP contribution in [0.1, 0.15) is 10.9 Å². The molecule has 2 heterocycles. The SMILES string of the molecule is O=C1CS[C@H](c2cccc(Br)c2)N1c1nc2ccccc2s1. The lowest BCUT2D eigenvalue weighted by atomic mass is 10.2. The number of halogens is 1. The summed E-state index contributed by atoms with van der Waals surface area (Å²) >= 11 is 6.72. The number of hydrogen-bond donors (Lipinski definition) is 0. The molecule has 22 heavy (non-hydrogen) atoms. The van der Waals surface area contributed by atoms with Gasteiger partial charge >= 0.3 is 0 Å². The number of nitrogens with zero attached hydrogens (tertiary/aromatic N) is 2. The number of thiazole rings is 1. The smallest absolute Gasteiger partial charge is 0.240 e. The Morgan fingerprint density at radius 3 is 2.86 bits per heavy atom. The molecular formula is C16H11BrN2OS2. The zero-order chi connectivity index (χ0) is 15.1. The number of amides is 1. The third-order valence-electron chi connectivity index (χ3n) is 3.49. The third kappa shape index (κ3) is 2.45. The summed E-state index contributed by atoms with van der Waals surface area (Å²) in [6.07, 6.45) is 0. The van der Waals surface area contributed by atoms with Crippen molar-refractivity contribution in [1.82, 2.24) is 4.98 Å². The summed E-state index contributed by atoms with van der Waals surface area (Å²) in [6, 6.07) is 16.1. The lowest BCUT2D eigenvalue weighted by Crippen LogP contribution is -2.27. The van der Waals surface area contributed by atoms with E-state index in [9.17, 15) is 4.79 Å². The fourth-order valence-corrected chi connectivity index (χ4v) is 5.14. The van der Waals surface area contributed by atoms with Crippen LogP contribution in [0.3, 0.4) is 0 Å². The minimum absolute atomic E-state index is 0.00874. The Kier molecular flexibility index (Phi) is 3.68. The van der Waals surface area contributed by atoms with Gasteiger partial charge in [0, 0.05) is 4.47 Å². The van der Waals surface area contributed by atoms with E-state index >= 15 is 0 Å². The van der Waals surface area contributed by atoms with Gasteiger partial charge < -0.3 is 0 Å². The molecule has 3 nitrogen and oxygen atoms in total. The van der Waals surface area contributed by atoms with Gasteiger partial charge in [0.15, 0.2) is 5.13 Å². The highest BCUT2D eigenvalue weighted by Crippen LogP contribution is 2.44. The average molecular weight is 391 g/mol. The Labute approximate surface area is 144 Å². The lowest BCUT2D eigenvalue weighted by Gasteiger charge is -2.21. The summed E-state index contributed by atoms with van der Waals surface area (Å²) in [4.78, 5) is 18.9. The Bertz CT molecular complexity index is 831. The summed E-state index contributed by atoms with van der Waals surface area (Å²) in [7, 11) is 0. The number of aromatic nitrogens is 1. The second-order valence-electron chi connectivity index (χ2n) is 4.95. The first-order chi connectivity index (χ1) is 10.7. The molecule has 0 spiro atoms. The molecule has 2 aromatic carbocycles. The standard InChI is InChI=1S/C16H11BrN2OS2/c17-11-5-3-4-10(8-11)15-19(14(20)9-21-15)16-18-12-6-1-2-7-13(12)22-16/h1-8,15H,9H2/t15-/m1/s1. The molecule has 3 aromatic rings. The predicted octanol–water partition coefficient (Wildman–Crippen LogP) is 4.84. The van der Waals surface area contributed by atoms with Gasteiger partial charge in [-0.05, 0) is 29.8 Å². The van der Waals surface area contributed by atoms with E-state index in [2.05, 4.69) is 33.0 Å². The van der Waals surface area contributed by atoms with Gasteiger partial charge in [-0.2, -0.15) is 0 Å². The van der Waals surface area contributed by atoms with Crippen molar-refractivity contribution >= 4 is 60.3 Å². The van der Waals surface area contributed by atoms with Crippen molar-refractivity contribution in [3.63, 3.8) is 0 Å². The highest BCUT2D eigenvalue weighted by molar-refractivity contribution is 9.10. The molecule has 0 radical (unpaired) electrons. The number of rotatable bonds is 2. The quantitative estimate of drug-likeness (QED) is 0.627. The van der Waals surface area contributed by atoms with Crippen molar-refractivity contribution in [3.05, 3.63) is 58.6 Å². The van der Waals surface area contributed by atoms with Gasteiger partial charge in [0.05, 0.1) is 16.0 Å². The molecule has 0 N–H and O–H groups in total. The summed E-state index contributed by atoms with van der Waals surface area (Å²) < 4.78 is 2.13. The predicted molar refractivity (Wildman–Crippen MR) is 96.4 cm³/mol. The number of para-hydroxylation sites is 1. The van der Waals surface area contributed by atoms with Gasteiger partial charge in [-0.3, -0.25) is 9.69 Å². The third-order valence-corrected chi connectivity index (χ3v) is 6.23. The number of carbonyl (C=O) groups excluding carboxylic acids is 1. The fourth-order valence-electron chi connectivity index (χ4n) is 2.50. The minimum atomic E-state index is -0.00874. The fraction of sp³-hybridized carbons (Fsp3) is 0.125. The average Bonchev–Trinajstić information content (AvgIpc) is 3.10. The Balaban J connectivity index is 1.78. The van der Waals surface area contributed by atoms with E-state index in [1.54, 1.807) is 23.1 Å². The normalized spacial score (nSPS) is 18.3. The van der Waals surface area contributed by atoms with Crippen LogP contribution in [0.15, 0.2) is 53.0 Å². The Morgan fingerprint density at radius 2 is 2.05 bits per heavy atom. The van der Waals surface area contributed by atoms with Crippen LogP contribution in [0.4, 0.5) is 5.13 Å². The highest BCUT2D eigenvalue weighted by Gasteiger charge is 2.36. The van der Waals surface area contributed by atoms with Crippen molar-refractivity contribution in [2.24, 2.45) is 0 Å². The van der Waals surface area contributed by atoms with Crippen LogP contribution in [0.5, 0.6) is 0 Å². The molecule has 0 saturated carbocycles. The molecule has 4 rings (SSSR count).